The van der Waals surface area contributed by atoms with Gasteiger partial charge in [-0.3, -0.25) is 14.9 Å². The van der Waals surface area contributed by atoms with Crippen molar-refractivity contribution < 1.29 is 18.5 Å². The summed E-state index contributed by atoms with van der Waals surface area (Å²) in [5.74, 6) is -2.73. The van der Waals surface area contributed by atoms with E-state index in [4.69, 9.17) is 0 Å². The van der Waals surface area contributed by atoms with Crippen LogP contribution in [0.4, 0.5) is 14.5 Å². The Labute approximate surface area is 115 Å². The van der Waals surface area contributed by atoms with Crippen LogP contribution < -0.4 is 5.32 Å². The van der Waals surface area contributed by atoms with Gasteiger partial charge < -0.3 is 5.32 Å². The van der Waals surface area contributed by atoms with Crippen LogP contribution in [0.2, 0.25) is 0 Å². The lowest BCUT2D eigenvalue weighted by Crippen LogP contribution is -2.26. The van der Waals surface area contributed by atoms with Crippen LogP contribution in [0.25, 0.3) is 0 Å². The van der Waals surface area contributed by atoms with Crippen LogP contribution in [0, 0.1) is 27.7 Å². The first-order valence-electron chi connectivity index (χ1n) is 6.24. The van der Waals surface area contributed by atoms with E-state index in [1.165, 1.54) is 0 Å². The van der Waals surface area contributed by atoms with E-state index >= 15 is 0 Å². The van der Waals surface area contributed by atoms with Crippen molar-refractivity contribution in [1.82, 2.24) is 5.32 Å². The zero-order chi connectivity index (χ0) is 15.3. The number of carbonyl (C=O) groups excluding carboxylic acids is 1. The van der Waals surface area contributed by atoms with Gasteiger partial charge in [0.25, 0.3) is 5.91 Å². The third kappa shape index (κ3) is 4.25. The molecular formula is C13H16F2N2O3. The van der Waals surface area contributed by atoms with Gasteiger partial charge in [0.05, 0.1) is 16.6 Å². The third-order valence-electron chi connectivity index (χ3n) is 2.70. The first kappa shape index (κ1) is 16.0. The predicted molar refractivity (Wildman–Crippen MR) is 69.4 cm³/mol. The number of nitro groups is 1. The van der Waals surface area contributed by atoms with Gasteiger partial charge in [-0.25, -0.2) is 4.39 Å². The van der Waals surface area contributed by atoms with E-state index in [0.717, 1.165) is 6.42 Å². The summed E-state index contributed by atoms with van der Waals surface area (Å²) < 4.78 is 26.9. The van der Waals surface area contributed by atoms with E-state index in [1.807, 2.05) is 13.8 Å². The van der Waals surface area contributed by atoms with Crippen LogP contribution in [0.5, 0.6) is 0 Å². The molecule has 20 heavy (non-hydrogen) atoms. The van der Waals surface area contributed by atoms with E-state index in [1.54, 1.807) is 0 Å². The number of halogens is 2. The van der Waals surface area contributed by atoms with Crippen LogP contribution in [-0.2, 0) is 0 Å². The molecule has 1 amide bonds. The van der Waals surface area contributed by atoms with Crippen molar-refractivity contribution in [2.45, 2.75) is 26.7 Å². The molecule has 7 heteroatoms. The highest BCUT2D eigenvalue weighted by Gasteiger charge is 2.23. The molecule has 5 nitrogen and oxygen atoms in total. The minimum atomic E-state index is -1.32. The second kappa shape index (κ2) is 6.93. The molecule has 0 bridgehead atoms. The van der Waals surface area contributed by atoms with Crippen LogP contribution in [0.3, 0.4) is 0 Å². The molecule has 1 N–H and O–H groups in total. The number of hydrogen-bond acceptors (Lipinski definition) is 3. The Bertz CT molecular complexity index is 519. The highest BCUT2D eigenvalue weighted by atomic mass is 19.1. The van der Waals surface area contributed by atoms with Gasteiger partial charge in [-0.05, 0) is 24.8 Å². The maximum absolute atomic E-state index is 13.7. The Hall–Kier alpha value is -2.05. The van der Waals surface area contributed by atoms with Gasteiger partial charge in [0, 0.05) is 6.54 Å². The lowest BCUT2D eigenvalue weighted by molar-refractivity contribution is -0.387. The second-order valence-corrected chi connectivity index (χ2v) is 4.84. The zero-order valence-electron chi connectivity index (χ0n) is 11.3. The maximum atomic E-state index is 13.7. The van der Waals surface area contributed by atoms with Crippen molar-refractivity contribution in [1.29, 1.82) is 0 Å². The molecule has 0 aromatic heterocycles. The van der Waals surface area contributed by atoms with Gasteiger partial charge >= 0.3 is 5.69 Å². The predicted octanol–water partition coefficient (Wildman–Crippen LogP) is 3.04. The molecule has 0 unspecified atom stereocenters. The normalized spacial score (nSPS) is 10.7. The highest BCUT2D eigenvalue weighted by molar-refractivity contribution is 5.95. The summed E-state index contributed by atoms with van der Waals surface area (Å²) in [4.78, 5) is 21.2. The van der Waals surface area contributed by atoms with E-state index in [9.17, 15) is 23.7 Å². The van der Waals surface area contributed by atoms with Crippen molar-refractivity contribution >= 4 is 11.6 Å². The standard InChI is InChI=1S/C13H16F2N2O3/c1-8(2)4-3-5-16-13(18)10-6-9(14)7-11(12(10)15)17(19)20/h6-8H,3-5H2,1-2H3,(H,16,18). The lowest BCUT2D eigenvalue weighted by atomic mass is 10.1. The van der Waals surface area contributed by atoms with Gasteiger partial charge in [0.1, 0.15) is 5.82 Å². The molecule has 0 saturated carbocycles. The number of benzene rings is 1. The number of amides is 1. The van der Waals surface area contributed by atoms with Crippen molar-refractivity contribution in [2.24, 2.45) is 5.92 Å². The molecule has 0 atom stereocenters. The SMILES string of the molecule is CC(C)CCCNC(=O)c1cc(F)cc([N+](=O)[O-])c1F. The van der Waals surface area contributed by atoms with Crippen molar-refractivity contribution in [2.75, 3.05) is 6.54 Å². The van der Waals surface area contributed by atoms with E-state index < -0.39 is 33.7 Å². The summed E-state index contributed by atoms with van der Waals surface area (Å²) in [7, 11) is 0. The third-order valence-corrected chi connectivity index (χ3v) is 2.70. The summed E-state index contributed by atoms with van der Waals surface area (Å²) in [5.41, 5.74) is -1.70. The Morgan fingerprint density at radius 1 is 1.40 bits per heavy atom. The second-order valence-electron chi connectivity index (χ2n) is 4.84. The maximum Gasteiger partial charge on any atom is 0.308 e. The molecule has 1 aromatic carbocycles. The molecule has 0 heterocycles. The molecule has 0 fully saturated rings. The molecule has 0 aliphatic carbocycles. The van der Waals surface area contributed by atoms with Crippen LogP contribution >= 0.6 is 0 Å². The van der Waals surface area contributed by atoms with Crippen molar-refractivity contribution in [3.63, 3.8) is 0 Å². The minimum absolute atomic E-state index is 0.306. The van der Waals surface area contributed by atoms with Gasteiger partial charge in [0.2, 0.25) is 5.82 Å². The first-order valence-corrected chi connectivity index (χ1v) is 6.24. The summed E-state index contributed by atoms with van der Waals surface area (Å²) in [6, 6.07) is 1.10. The lowest BCUT2D eigenvalue weighted by Gasteiger charge is -2.08. The number of hydrogen-bond donors (Lipinski definition) is 1. The Morgan fingerprint density at radius 3 is 2.60 bits per heavy atom. The highest BCUT2D eigenvalue weighted by Crippen LogP contribution is 2.22. The van der Waals surface area contributed by atoms with Crippen LogP contribution in [-0.4, -0.2) is 17.4 Å². The molecule has 0 aliphatic heterocycles. The van der Waals surface area contributed by atoms with Gasteiger partial charge in [0.15, 0.2) is 0 Å². The van der Waals surface area contributed by atoms with E-state index in [0.29, 0.717) is 31.0 Å². The largest absolute Gasteiger partial charge is 0.352 e. The summed E-state index contributed by atoms with van der Waals surface area (Å²) in [6.07, 6.45) is 1.58. The fraction of sp³-hybridized carbons (Fsp3) is 0.462. The summed E-state index contributed by atoms with van der Waals surface area (Å²) >= 11 is 0. The Morgan fingerprint density at radius 2 is 2.05 bits per heavy atom. The van der Waals surface area contributed by atoms with Crippen LogP contribution in [0.1, 0.15) is 37.0 Å². The fourth-order valence-corrected chi connectivity index (χ4v) is 1.68. The average molecular weight is 286 g/mol. The van der Waals surface area contributed by atoms with E-state index in [-0.39, 0.29) is 0 Å². The number of rotatable bonds is 6. The number of nitrogens with one attached hydrogen (secondary N) is 1. The van der Waals surface area contributed by atoms with Gasteiger partial charge in [-0.1, -0.05) is 13.8 Å². The average Bonchev–Trinajstić information content (AvgIpc) is 2.36. The monoisotopic (exact) mass is 286 g/mol. The first-order chi connectivity index (χ1) is 9.32. The summed E-state index contributed by atoms with van der Waals surface area (Å²) in [5, 5.41) is 13.0. The molecule has 1 rings (SSSR count). The van der Waals surface area contributed by atoms with Crippen molar-refractivity contribution in [3.8, 4) is 0 Å². The molecule has 0 aliphatic rings. The number of nitro benzene ring substituents is 1. The molecule has 0 saturated heterocycles. The Balaban J connectivity index is 2.80. The molecule has 1 aromatic rings. The molecule has 110 valence electrons. The Kier molecular flexibility index (Phi) is 5.54. The zero-order valence-corrected chi connectivity index (χ0v) is 11.3. The quantitative estimate of drug-likeness (QED) is 0.496. The molecular weight excluding hydrogens is 270 g/mol. The summed E-state index contributed by atoms with van der Waals surface area (Å²) in [6.45, 7) is 4.36. The smallest absolute Gasteiger partial charge is 0.308 e. The molecule has 0 radical (unpaired) electrons. The van der Waals surface area contributed by atoms with Crippen molar-refractivity contribution in [3.05, 3.63) is 39.4 Å². The fourth-order valence-electron chi connectivity index (χ4n) is 1.68. The van der Waals surface area contributed by atoms with Crippen LogP contribution in [0.15, 0.2) is 12.1 Å². The number of carbonyl (C=O) groups is 1. The van der Waals surface area contributed by atoms with Gasteiger partial charge in [-0.2, -0.15) is 4.39 Å². The minimum Gasteiger partial charge on any atom is -0.352 e. The molecule has 0 spiro atoms. The van der Waals surface area contributed by atoms with E-state index in [2.05, 4.69) is 5.32 Å². The topological polar surface area (TPSA) is 72.2 Å². The van der Waals surface area contributed by atoms with Gasteiger partial charge in [-0.15, -0.1) is 0 Å². The number of nitrogens with zero attached hydrogens (tertiary/aromatic N) is 1.